The number of aromatic nitrogens is 4. The number of anilines is 1. The number of hydrogen-bond donors (Lipinski definition) is 6. The van der Waals surface area contributed by atoms with Crippen LogP contribution in [-0.2, 0) is 13.9 Å². The summed E-state index contributed by atoms with van der Waals surface area (Å²) in [6.45, 7) is 6.92. The van der Waals surface area contributed by atoms with E-state index in [2.05, 4.69) is 41.0 Å². The molecule has 3 fully saturated rings. The number of nitrogens with one attached hydrogen (secondary N) is 1. The highest BCUT2D eigenvalue weighted by Crippen LogP contribution is 2.66. The third-order valence-electron chi connectivity index (χ3n) is 9.28. The summed E-state index contributed by atoms with van der Waals surface area (Å²) in [6, 6.07) is 0.164. The van der Waals surface area contributed by atoms with Gasteiger partial charge in [0.15, 0.2) is 23.2 Å². The van der Waals surface area contributed by atoms with Crippen LogP contribution in [0.4, 0.5) is 5.82 Å². The number of ether oxygens (including phenoxy) is 1. The molecule has 2 bridgehead atoms. The topological polar surface area (TPSA) is 200 Å². The van der Waals surface area contributed by atoms with Crippen LogP contribution in [0.5, 0.6) is 0 Å². The number of fused-ring (bicyclic) bond motifs is 3. The van der Waals surface area contributed by atoms with Gasteiger partial charge in [-0.3, -0.25) is 13.7 Å². The Morgan fingerprint density at radius 3 is 2.50 bits per heavy atom. The number of hydrogen-bond acceptors (Lipinski definition) is 9. The molecule has 0 amide bonds. The van der Waals surface area contributed by atoms with Gasteiger partial charge in [0, 0.05) is 12.2 Å². The van der Waals surface area contributed by atoms with Gasteiger partial charge in [-0.05, 0) is 54.0 Å². The third-order valence-corrected chi connectivity index (χ3v) is 13.6. The first-order valence-corrected chi connectivity index (χ1v) is 16.8. The summed E-state index contributed by atoms with van der Waals surface area (Å²) in [4.78, 5) is 41.1. The Hall–Kier alpha value is -1.14. The monoisotopic (exact) mass is 593 g/mol. The van der Waals surface area contributed by atoms with Gasteiger partial charge in [-0.2, -0.15) is 9.97 Å². The summed E-state index contributed by atoms with van der Waals surface area (Å²) in [5, 5.41) is 24.8. The fourth-order valence-corrected chi connectivity index (χ4v) is 10.3. The van der Waals surface area contributed by atoms with Gasteiger partial charge in [0.25, 0.3) is 0 Å². The van der Waals surface area contributed by atoms with Crippen molar-refractivity contribution < 1.29 is 38.8 Å². The van der Waals surface area contributed by atoms with Gasteiger partial charge in [-0.15, -0.1) is 0 Å². The van der Waals surface area contributed by atoms with Gasteiger partial charge in [-0.1, -0.05) is 20.8 Å². The lowest BCUT2D eigenvalue weighted by Crippen LogP contribution is -2.40. The standard InChI is InChI=1S/C22H34ClN5O8P2/c1-21(2)11-4-6-22(21,3)13(8-11)25-17-14-18(27-20(23)26-17)28(9-24-14)19-16(30)15(29)12(36-19)5-7-37(31,32)10-38(33,34)35/h9,11-13,15-16,19,29-30H,4-8,10H2,1-3H3,(H,31,32)(H,25,26,27)(H2,33,34,35)/t11?,12?,13?,15?,16?,19?,22-/m0/s1. The van der Waals surface area contributed by atoms with E-state index in [0.29, 0.717) is 17.3 Å². The molecule has 2 aromatic heterocycles. The summed E-state index contributed by atoms with van der Waals surface area (Å²) in [5.41, 5.74) is 0.953. The molecule has 13 nitrogen and oxygen atoms in total. The van der Waals surface area contributed by atoms with Crippen molar-refractivity contribution in [1.29, 1.82) is 0 Å². The summed E-state index contributed by atoms with van der Waals surface area (Å²) in [6.07, 6.45) is -1.02. The van der Waals surface area contributed by atoms with Crippen LogP contribution in [0.15, 0.2) is 6.33 Å². The van der Waals surface area contributed by atoms with Crippen molar-refractivity contribution >= 4 is 43.5 Å². The molecule has 6 N–H and O–H groups in total. The number of aliphatic hydroxyl groups excluding tert-OH is 2. The summed E-state index contributed by atoms with van der Waals surface area (Å²) in [7, 11) is -8.88. The average Bonchev–Trinajstić information content (AvgIpc) is 3.44. The van der Waals surface area contributed by atoms with E-state index >= 15 is 0 Å². The highest BCUT2D eigenvalue weighted by molar-refractivity contribution is 7.72. The molecule has 3 aliphatic rings. The number of halogens is 1. The zero-order chi connectivity index (χ0) is 27.8. The van der Waals surface area contributed by atoms with E-state index in [9.17, 15) is 24.2 Å². The van der Waals surface area contributed by atoms with E-state index in [1.54, 1.807) is 0 Å². The van der Waals surface area contributed by atoms with Crippen LogP contribution in [0.25, 0.3) is 11.2 Å². The average molecular weight is 594 g/mol. The van der Waals surface area contributed by atoms with Crippen LogP contribution >= 0.6 is 26.6 Å². The molecule has 2 saturated carbocycles. The third kappa shape index (κ3) is 4.84. The van der Waals surface area contributed by atoms with Crippen molar-refractivity contribution in [1.82, 2.24) is 19.5 Å². The fourth-order valence-electron chi connectivity index (χ4n) is 6.65. The van der Waals surface area contributed by atoms with Crippen molar-refractivity contribution in [2.45, 2.75) is 77.0 Å². The fraction of sp³-hybridized carbons (Fsp3) is 0.773. The molecule has 212 valence electrons. The SMILES string of the molecule is CC1(C)C2CC[C@@]1(C)C(Nc1nc(Cl)nc3c1ncn3C1OC(CCP(=O)(O)CP(=O)(O)O)C(O)C1O)C2. The van der Waals surface area contributed by atoms with Crippen molar-refractivity contribution in [3.63, 3.8) is 0 Å². The number of imidazole rings is 1. The Bertz CT molecular complexity index is 1340. The molecule has 0 aromatic carbocycles. The normalized spacial score (nSPS) is 36.1. The quantitative estimate of drug-likeness (QED) is 0.193. The molecular weight excluding hydrogens is 560 g/mol. The minimum absolute atomic E-state index is 0.0300. The minimum atomic E-state index is -4.70. The number of rotatable bonds is 8. The lowest BCUT2D eigenvalue weighted by atomic mass is 9.69. The predicted octanol–water partition coefficient (Wildman–Crippen LogP) is 2.52. The zero-order valence-electron chi connectivity index (χ0n) is 21.3. The van der Waals surface area contributed by atoms with Gasteiger partial charge in [0.2, 0.25) is 12.7 Å². The van der Waals surface area contributed by atoms with E-state index in [1.807, 2.05) is 0 Å². The van der Waals surface area contributed by atoms with E-state index in [0.717, 1.165) is 12.8 Å². The molecule has 8 atom stereocenters. The van der Waals surface area contributed by atoms with E-state index in [1.165, 1.54) is 17.3 Å². The highest BCUT2D eigenvalue weighted by atomic mass is 35.5. The first-order chi connectivity index (χ1) is 17.5. The summed E-state index contributed by atoms with van der Waals surface area (Å²) < 4.78 is 30.6. The molecule has 2 aromatic rings. The molecule has 3 heterocycles. The molecule has 7 unspecified atom stereocenters. The summed E-state index contributed by atoms with van der Waals surface area (Å²) in [5.74, 6) is -0.0901. The smallest absolute Gasteiger partial charge is 0.335 e. The number of aliphatic hydroxyl groups is 2. The Morgan fingerprint density at radius 1 is 1.18 bits per heavy atom. The molecule has 0 spiro atoms. The van der Waals surface area contributed by atoms with Gasteiger partial charge >= 0.3 is 7.60 Å². The molecule has 1 aliphatic heterocycles. The van der Waals surface area contributed by atoms with Gasteiger partial charge in [0.05, 0.1) is 12.4 Å². The van der Waals surface area contributed by atoms with Crippen molar-refractivity contribution in [2.24, 2.45) is 16.7 Å². The van der Waals surface area contributed by atoms with Crippen LogP contribution in [0, 0.1) is 16.7 Å². The van der Waals surface area contributed by atoms with Crippen LogP contribution < -0.4 is 5.32 Å². The molecule has 38 heavy (non-hydrogen) atoms. The van der Waals surface area contributed by atoms with E-state index in [-0.39, 0.29) is 34.2 Å². The predicted molar refractivity (Wildman–Crippen MR) is 139 cm³/mol. The van der Waals surface area contributed by atoms with Gasteiger partial charge < -0.3 is 34.9 Å². The Balaban J connectivity index is 1.37. The van der Waals surface area contributed by atoms with Gasteiger partial charge in [-0.25, -0.2) is 4.98 Å². The second kappa shape index (κ2) is 9.46. The van der Waals surface area contributed by atoms with E-state index in [4.69, 9.17) is 26.1 Å². The lowest BCUT2D eigenvalue weighted by Gasteiger charge is -2.39. The van der Waals surface area contributed by atoms with E-state index < -0.39 is 51.6 Å². The molecular formula is C22H34ClN5O8P2. The zero-order valence-corrected chi connectivity index (χ0v) is 23.9. The number of nitrogens with zero attached hydrogens (tertiary/aromatic N) is 4. The Kier molecular flexibility index (Phi) is 7.07. The van der Waals surface area contributed by atoms with Crippen LogP contribution in [-0.4, -0.2) is 80.8 Å². The Morgan fingerprint density at radius 2 is 1.89 bits per heavy atom. The van der Waals surface area contributed by atoms with Crippen LogP contribution in [0.2, 0.25) is 5.28 Å². The van der Waals surface area contributed by atoms with Crippen molar-refractivity contribution in [3.8, 4) is 0 Å². The summed E-state index contributed by atoms with van der Waals surface area (Å²) >= 11 is 6.28. The Labute approximate surface area is 224 Å². The first-order valence-electron chi connectivity index (χ1n) is 12.6. The minimum Gasteiger partial charge on any atom is -0.388 e. The maximum absolute atomic E-state index is 12.2. The molecule has 1 saturated heterocycles. The van der Waals surface area contributed by atoms with Crippen molar-refractivity contribution in [2.75, 3.05) is 17.4 Å². The maximum atomic E-state index is 12.2. The molecule has 5 rings (SSSR count). The second-order valence-electron chi connectivity index (χ2n) is 11.7. The lowest BCUT2D eigenvalue weighted by molar-refractivity contribution is -0.0354. The van der Waals surface area contributed by atoms with Gasteiger partial charge in [0.1, 0.15) is 18.1 Å². The molecule has 2 aliphatic carbocycles. The largest absolute Gasteiger partial charge is 0.388 e. The van der Waals surface area contributed by atoms with Crippen LogP contribution in [0.1, 0.15) is 52.7 Å². The van der Waals surface area contributed by atoms with Crippen molar-refractivity contribution in [3.05, 3.63) is 11.6 Å². The molecule has 0 radical (unpaired) electrons. The first kappa shape index (κ1) is 28.4. The highest BCUT2D eigenvalue weighted by Gasteiger charge is 2.61. The molecule has 16 heteroatoms. The van der Waals surface area contributed by atoms with Crippen LogP contribution in [0.3, 0.4) is 0 Å². The maximum Gasteiger partial charge on any atom is 0.335 e. The second-order valence-corrected chi connectivity index (χ2v) is 16.6.